The molecule has 9 heteroatoms. The molecule has 238 valence electrons. The van der Waals surface area contributed by atoms with Gasteiger partial charge in [0.15, 0.2) is 0 Å². The van der Waals surface area contributed by atoms with Crippen molar-refractivity contribution >= 4 is 16.5 Å². The maximum absolute atomic E-state index is 14.9. The summed E-state index contributed by atoms with van der Waals surface area (Å²) >= 11 is 0. The van der Waals surface area contributed by atoms with Crippen LogP contribution in [0.3, 0.4) is 0 Å². The topological polar surface area (TPSA) is 82.3 Å². The van der Waals surface area contributed by atoms with Crippen LogP contribution in [0.5, 0.6) is 11.5 Å². The molecular weight excluding hydrogens is 579 g/mol. The predicted octanol–water partition coefficient (Wildman–Crippen LogP) is 6.80. The molecule has 2 aliphatic rings. The number of pyridine rings is 1. The van der Waals surface area contributed by atoms with Gasteiger partial charge in [-0.3, -0.25) is 15.0 Å². The van der Waals surface area contributed by atoms with Gasteiger partial charge in [-0.2, -0.15) is 5.10 Å². The Kier molecular flexibility index (Phi) is 8.60. The molecule has 0 spiro atoms. The number of hydrogen-bond donors (Lipinski definition) is 2. The van der Waals surface area contributed by atoms with Gasteiger partial charge in [-0.05, 0) is 105 Å². The van der Waals surface area contributed by atoms with Crippen LogP contribution in [0, 0.1) is 11.7 Å². The van der Waals surface area contributed by atoms with E-state index in [2.05, 4.69) is 62.1 Å². The second kappa shape index (κ2) is 13.1. The Balaban J connectivity index is 1.16. The minimum Gasteiger partial charge on any atom is -0.492 e. The molecule has 0 saturated carbocycles. The maximum atomic E-state index is 14.9. The lowest BCUT2D eigenvalue weighted by atomic mass is 9.86. The summed E-state index contributed by atoms with van der Waals surface area (Å²) in [6.45, 7) is 7.27. The number of benzene rings is 2. The van der Waals surface area contributed by atoms with Gasteiger partial charge in [0, 0.05) is 47.6 Å². The first-order valence-electron chi connectivity index (χ1n) is 16.2. The number of likely N-dealkylation sites (N-methyl/N-ethyl adjacent to an activating group) is 1. The number of H-pyrrole nitrogens is 2. The predicted molar refractivity (Wildman–Crippen MR) is 181 cm³/mol. The van der Waals surface area contributed by atoms with E-state index in [1.165, 1.54) is 18.9 Å². The van der Waals surface area contributed by atoms with Gasteiger partial charge >= 0.3 is 0 Å². The van der Waals surface area contributed by atoms with Crippen LogP contribution in [-0.4, -0.2) is 83.5 Å². The molecule has 5 aromatic rings. The highest BCUT2D eigenvalue weighted by molar-refractivity contribution is 5.96. The molecule has 1 unspecified atom stereocenters. The lowest BCUT2D eigenvalue weighted by Gasteiger charge is -2.20. The third-order valence-electron chi connectivity index (χ3n) is 8.90. The van der Waals surface area contributed by atoms with Crippen molar-refractivity contribution in [2.24, 2.45) is 5.92 Å². The SMILES string of the molecule is CC1C=C(c2cc(F)cc(OCCN3CCCC3)c2)c2cc(-c3n[nH]c4ccc(-c5cncc(OCCN(C)C)c5)cc34)[nH]c2C1. The van der Waals surface area contributed by atoms with Crippen LogP contribution < -0.4 is 9.47 Å². The van der Waals surface area contributed by atoms with Crippen LogP contribution in [0.2, 0.25) is 0 Å². The summed E-state index contributed by atoms with van der Waals surface area (Å²) in [5.74, 6) is 1.31. The van der Waals surface area contributed by atoms with Gasteiger partial charge in [0.1, 0.15) is 36.2 Å². The lowest BCUT2D eigenvalue weighted by Crippen LogP contribution is -2.25. The standard InChI is InChI=1S/C37H41FN6O2/c1-24-14-31(26-16-28(38)20-29(17-26)45-13-11-44-8-4-5-9-44)32-21-36(40-35(32)15-24)37-33-19-25(6-7-34(33)41-42-37)27-18-30(23-39-22-27)46-12-10-43(2)3/h6-7,14,16-24,40H,4-5,8-13,15H2,1-3H3,(H,41,42). The average Bonchev–Trinajstić information content (AvgIpc) is 3.80. The van der Waals surface area contributed by atoms with Crippen molar-refractivity contribution in [3.05, 3.63) is 89.6 Å². The molecule has 2 N–H and O–H groups in total. The zero-order chi connectivity index (χ0) is 31.6. The third-order valence-corrected chi connectivity index (χ3v) is 8.90. The zero-order valence-corrected chi connectivity index (χ0v) is 26.8. The first kappa shape index (κ1) is 30.2. The molecule has 46 heavy (non-hydrogen) atoms. The second-order valence-electron chi connectivity index (χ2n) is 12.8. The number of nitrogens with one attached hydrogen (secondary N) is 2. The zero-order valence-electron chi connectivity index (χ0n) is 26.8. The van der Waals surface area contributed by atoms with Gasteiger partial charge in [-0.1, -0.05) is 19.1 Å². The number of allylic oxidation sites excluding steroid dienone is 1. The van der Waals surface area contributed by atoms with E-state index in [-0.39, 0.29) is 5.82 Å². The number of likely N-dealkylation sites (tertiary alicyclic amines) is 1. The van der Waals surface area contributed by atoms with Crippen LogP contribution in [0.4, 0.5) is 4.39 Å². The molecule has 0 amide bonds. The van der Waals surface area contributed by atoms with Gasteiger partial charge in [0.25, 0.3) is 0 Å². The van der Waals surface area contributed by atoms with E-state index in [9.17, 15) is 4.39 Å². The van der Waals surface area contributed by atoms with Gasteiger partial charge in [0.05, 0.1) is 17.4 Å². The summed E-state index contributed by atoms with van der Waals surface area (Å²) in [5, 5.41) is 8.94. The Bertz CT molecular complexity index is 1870. The molecule has 1 saturated heterocycles. The smallest absolute Gasteiger partial charge is 0.138 e. The lowest BCUT2D eigenvalue weighted by molar-refractivity contribution is 0.237. The number of rotatable bonds is 11. The number of fused-ring (bicyclic) bond motifs is 2. The van der Waals surface area contributed by atoms with E-state index in [1.54, 1.807) is 12.3 Å². The highest BCUT2D eigenvalue weighted by Gasteiger charge is 2.24. The Morgan fingerprint density at radius 1 is 0.935 bits per heavy atom. The summed E-state index contributed by atoms with van der Waals surface area (Å²) in [7, 11) is 4.05. The van der Waals surface area contributed by atoms with E-state index in [1.807, 2.05) is 32.4 Å². The molecule has 1 aliphatic carbocycles. The minimum absolute atomic E-state index is 0.291. The van der Waals surface area contributed by atoms with E-state index >= 15 is 0 Å². The highest BCUT2D eigenvalue weighted by Crippen LogP contribution is 2.39. The fourth-order valence-electron chi connectivity index (χ4n) is 6.53. The summed E-state index contributed by atoms with van der Waals surface area (Å²) in [4.78, 5) is 12.6. The van der Waals surface area contributed by atoms with Crippen LogP contribution in [0.1, 0.15) is 36.6 Å². The molecular formula is C37H41FN6O2. The number of hydrogen-bond acceptors (Lipinski definition) is 6. The van der Waals surface area contributed by atoms with Crippen molar-refractivity contribution in [3.63, 3.8) is 0 Å². The molecule has 1 atom stereocenters. The first-order chi connectivity index (χ1) is 22.4. The fourth-order valence-corrected chi connectivity index (χ4v) is 6.53. The number of aromatic amines is 2. The van der Waals surface area contributed by atoms with Crippen molar-refractivity contribution in [3.8, 4) is 34.0 Å². The maximum Gasteiger partial charge on any atom is 0.138 e. The Morgan fingerprint density at radius 2 is 1.76 bits per heavy atom. The highest BCUT2D eigenvalue weighted by atomic mass is 19.1. The first-order valence-corrected chi connectivity index (χ1v) is 16.2. The molecule has 8 nitrogen and oxygen atoms in total. The molecule has 1 aliphatic heterocycles. The fraction of sp³-hybridized carbons (Fsp3) is 0.351. The number of nitrogens with zero attached hydrogens (tertiary/aromatic N) is 4. The quantitative estimate of drug-likeness (QED) is 0.169. The second-order valence-corrected chi connectivity index (χ2v) is 12.8. The van der Waals surface area contributed by atoms with Crippen molar-refractivity contribution in [1.82, 2.24) is 30.0 Å². The van der Waals surface area contributed by atoms with Crippen molar-refractivity contribution < 1.29 is 13.9 Å². The van der Waals surface area contributed by atoms with Crippen molar-refractivity contribution in [2.75, 3.05) is 53.5 Å². The van der Waals surface area contributed by atoms with Gasteiger partial charge in [-0.25, -0.2) is 4.39 Å². The summed E-state index contributed by atoms with van der Waals surface area (Å²) in [6.07, 6.45) is 9.20. The molecule has 7 rings (SSSR count). The van der Waals surface area contributed by atoms with Crippen LogP contribution in [0.15, 0.2) is 67.0 Å². The molecule has 0 radical (unpaired) electrons. The number of aromatic nitrogens is 4. The molecule has 3 aromatic heterocycles. The molecule has 2 aromatic carbocycles. The monoisotopic (exact) mass is 620 g/mol. The van der Waals surface area contributed by atoms with Crippen molar-refractivity contribution in [2.45, 2.75) is 26.2 Å². The summed E-state index contributed by atoms with van der Waals surface area (Å²) in [6, 6.07) is 15.5. The minimum atomic E-state index is -0.294. The third kappa shape index (κ3) is 6.57. The van der Waals surface area contributed by atoms with E-state index in [0.29, 0.717) is 24.9 Å². The molecule has 0 bridgehead atoms. The molecule has 1 fully saturated rings. The Labute approximate surface area is 269 Å². The van der Waals surface area contributed by atoms with Crippen LogP contribution >= 0.6 is 0 Å². The van der Waals surface area contributed by atoms with Crippen molar-refractivity contribution in [1.29, 1.82) is 0 Å². The number of ether oxygens (including phenoxy) is 2. The largest absolute Gasteiger partial charge is 0.492 e. The average molecular weight is 621 g/mol. The summed E-state index contributed by atoms with van der Waals surface area (Å²) in [5.41, 5.74) is 8.75. The van der Waals surface area contributed by atoms with Crippen LogP contribution in [0.25, 0.3) is 39.0 Å². The normalized spacial score (nSPS) is 16.6. The molecule has 4 heterocycles. The van der Waals surface area contributed by atoms with E-state index < -0.39 is 0 Å². The van der Waals surface area contributed by atoms with Gasteiger partial charge in [-0.15, -0.1) is 0 Å². The number of halogens is 1. The van der Waals surface area contributed by atoms with E-state index in [0.717, 1.165) is 94.2 Å². The Morgan fingerprint density at radius 3 is 2.61 bits per heavy atom. The van der Waals surface area contributed by atoms with Gasteiger partial charge < -0.3 is 19.4 Å². The Hall–Kier alpha value is -4.47. The van der Waals surface area contributed by atoms with Crippen LogP contribution in [-0.2, 0) is 6.42 Å². The summed E-state index contributed by atoms with van der Waals surface area (Å²) < 4.78 is 26.9. The van der Waals surface area contributed by atoms with Gasteiger partial charge in [0.2, 0.25) is 0 Å². The van der Waals surface area contributed by atoms with E-state index in [4.69, 9.17) is 14.6 Å².